The summed E-state index contributed by atoms with van der Waals surface area (Å²) in [5.74, 6) is 0.406. The van der Waals surface area contributed by atoms with Crippen LogP contribution in [0.25, 0.3) is 0 Å². The van der Waals surface area contributed by atoms with Gasteiger partial charge >= 0.3 is 0 Å². The summed E-state index contributed by atoms with van der Waals surface area (Å²) in [5, 5.41) is 14.0. The Hall–Kier alpha value is -1.99. The van der Waals surface area contributed by atoms with Crippen LogP contribution in [-0.4, -0.2) is 12.0 Å². The minimum Gasteiger partial charge on any atom is -0.352 e. The molecule has 0 bridgehead atoms. The highest BCUT2D eigenvalue weighted by molar-refractivity contribution is 8.02. The number of hydrogen-bond donors (Lipinski definition) is 1. The van der Waals surface area contributed by atoms with Crippen LogP contribution in [0.1, 0.15) is 56.1 Å². The quantitative estimate of drug-likeness (QED) is 0.875. The molecule has 0 saturated heterocycles. The second kappa shape index (κ2) is 6.86. The maximum atomic E-state index is 12.6. The minimum absolute atomic E-state index is 0.176. The molecule has 1 heterocycles. The molecule has 0 fully saturated rings. The number of nitrogens with one attached hydrogen (secondary N) is 1. The van der Waals surface area contributed by atoms with Crippen LogP contribution in [-0.2, 0) is 4.79 Å². The first-order chi connectivity index (χ1) is 11.6. The summed E-state index contributed by atoms with van der Waals surface area (Å²) in [6.45, 7) is 4.33. The van der Waals surface area contributed by atoms with Gasteiger partial charge in [0.15, 0.2) is 5.78 Å². The normalized spacial score (nSPS) is 20.8. The smallest absolute Gasteiger partial charge is 0.161 e. The van der Waals surface area contributed by atoms with E-state index < -0.39 is 0 Å². The standard InChI is InChI=1S/C20H22N2OS/c1-12(2)13-7-9-14(10-8-13)18-15(11-21)20(24-3)22-16-5-4-6-17(23)19(16)18/h7-10,12,18,22H,4-6H2,1-3H3/t18-/m1/s1. The van der Waals surface area contributed by atoms with Crippen LogP contribution in [0.4, 0.5) is 0 Å². The summed E-state index contributed by atoms with van der Waals surface area (Å²) in [6, 6.07) is 10.7. The predicted octanol–water partition coefficient (Wildman–Crippen LogP) is 4.60. The van der Waals surface area contributed by atoms with Gasteiger partial charge in [0.25, 0.3) is 0 Å². The van der Waals surface area contributed by atoms with Crippen LogP contribution in [0, 0.1) is 11.3 Å². The maximum Gasteiger partial charge on any atom is 0.161 e. The highest BCUT2D eigenvalue weighted by Gasteiger charge is 2.36. The summed E-state index contributed by atoms with van der Waals surface area (Å²) >= 11 is 1.54. The van der Waals surface area contributed by atoms with Gasteiger partial charge in [0.1, 0.15) is 0 Å². The summed E-state index contributed by atoms with van der Waals surface area (Å²) in [4.78, 5) is 12.6. The first kappa shape index (κ1) is 16.9. The van der Waals surface area contributed by atoms with Crippen molar-refractivity contribution in [1.82, 2.24) is 5.32 Å². The molecule has 0 aromatic heterocycles. The van der Waals surface area contributed by atoms with Crippen molar-refractivity contribution >= 4 is 17.5 Å². The lowest BCUT2D eigenvalue weighted by atomic mass is 9.76. The summed E-state index contributed by atoms with van der Waals surface area (Å²) < 4.78 is 0. The fraction of sp³-hybridized carbons (Fsp3) is 0.400. The molecular formula is C20H22N2OS. The number of benzene rings is 1. The largest absolute Gasteiger partial charge is 0.352 e. The molecule has 4 heteroatoms. The number of dihydropyridines is 1. The summed E-state index contributed by atoms with van der Waals surface area (Å²) in [6.07, 6.45) is 4.31. The second-order valence-corrected chi connectivity index (χ2v) is 7.42. The van der Waals surface area contributed by atoms with Gasteiger partial charge < -0.3 is 5.32 Å². The zero-order valence-electron chi connectivity index (χ0n) is 14.3. The van der Waals surface area contributed by atoms with Crippen molar-refractivity contribution in [1.29, 1.82) is 5.26 Å². The Morgan fingerprint density at radius 2 is 1.96 bits per heavy atom. The minimum atomic E-state index is -0.234. The average molecular weight is 338 g/mol. The van der Waals surface area contributed by atoms with Gasteiger partial charge in [0, 0.05) is 17.7 Å². The number of carbonyl (C=O) groups excluding carboxylic acids is 1. The van der Waals surface area contributed by atoms with E-state index in [1.54, 1.807) is 11.8 Å². The fourth-order valence-corrected chi connectivity index (χ4v) is 4.10. The SMILES string of the molecule is CSC1=C(C#N)[C@@H](c2ccc(C(C)C)cc2)C2=C(CCCC2=O)N1. The highest BCUT2D eigenvalue weighted by Crippen LogP contribution is 2.43. The Morgan fingerprint density at radius 3 is 2.54 bits per heavy atom. The van der Waals surface area contributed by atoms with E-state index in [4.69, 9.17) is 0 Å². The predicted molar refractivity (Wildman–Crippen MR) is 98.4 cm³/mol. The van der Waals surface area contributed by atoms with Crippen molar-refractivity contribution in [2.45, 2.75) is 44.9 Å². The van der Waals surface area contributed by atoms with Crippen LogP contribution in [0.3, 0.4) is 0 Å². The molecule has 0 saturated carbocycles. The van der Waals surface area contributed by atoms with Gasteiger partial charge in [-0.25, -0.2) is 0 Å². The fourth-order valence-electron chi connectivity index (χ4n) is 3.49. The molecule has 24 heavy (non-hydrogen) atoms. The first-order valence-corrected chi connectivity index (χ1v) is 9.60. The maximum absolute atomic E-state index is 12.6. The van der Waals surface area contributed by atoms with E-state index in [9.17, 15) is 10.1 Å². The third-order valence-electron chi connectivity index (χ3n) is 4.80. The number of Topliss-reactive ketones (excluding diaryl/α,β-unsaturated/α-hetero) is 1. The van der Waals surface area contributed by atoms with E-state index in [0.717, 1.165) is 34.7 Å². The lowest BCUT2D eigenvalue weighted by Gasteiger charge is -2.33. The molecule has 2 aliphatic rings. The van der Waals surface area contributed by atoms with E-state index >= 15 is 0 Å². The molecule has 0 radical (unpaired) electrons. The van der Waals surface area contributed by atoms with E-state index in [0.29, 0.717) is 17.9 Å². The first-order valence-electron chi connectivity index (χ1n) is 8.38. The molecule has 1 aromatic carbocycles. The van der Waals surface area contributed by atoms with Gasteiger partial charge in [-0.15, -0.1) is 11.8 Å². The zero-order valence-corrected chi connectivity index (χ0v) is 15.2. The van der Waals surface area contributed by atoms with Crippen LogP contribution in [0.2, 0.25) is 0 Å². The lowest BCUT2D eigenvalue weighted by Crippen LogP contribution is -2.31. The van der Waals surface area contributed by atoms with Gasteiger partial charge in [-0.05, 0) is 36.1 Å². The average Bonchev–Trinajstić information content (AvgIpc) is 2.60. The van der Waals surface area contributed by atoms with Crippen molar-refractivity contribution < 1.29 is 4.79 Å². The Bertz CT molecular complexity index is 766. The monoisotopic (exact) mass is 338 g/mol. The van der Waals surface area contributed by atoms with Crippen LogP contribution in [0.5, 0.6) is 0 Å². The van der Waals surface area contributed by atoms with Crippen molar-refractivity contribution in [2.24, 2.45) is 0 Å². The molecule has 3 nitrogen and oxygen atoms in total. The topological polar surface area (TPSA) is 52.9 Å². The molecule has 0 amide bonds. The van der Waals surface area contributed by atoms with Gasteiger partial charge in [-0.3, -0.25) is 4.79 Å². The summed E-state index contributed by atoms with van der Waals surface area (Å²) in [5.41, 5.74) is 4.77. The molecule has 1 aliphatic heterocycles. The van der Waals surface area contributed by atoms with Gasteiger partial charge in [-0.2, -0.15) is 5.26 Å². The third kappa shape index (κ3) is 2.89. The van der Waals surface area contributed by atoms with Crippen molar-refractivity contribution in [3.05, 3.63) is 57.3 Å². The molecule has 124 valence electrons. The van der Waals surface area contributed by atoms with Gasteiger partial charge in [-0.1, -0.05) is 38.1 Å². The van der Waals surface area contributed by atoms with Gasteiger partial charge in [0.05, 0.1) is 22.6 Å². The molecule has 3 rings (SSSR count). The van der Waals surface area contributed by atoms with Crippen molar-refractivity contribution in [2.75, 3.05) is 6.26 Å². The summed E-state index contributed by atoms with van der Waals surface area (Å²) in [7, 11) is 0. The number of nitriles is 1. The second-order valence-electron chi connectivity index (χ2n) is 6.61. The van der Waals surface area contributed by atoms with E-state index in [1.807, 2.05) is 6.26 Å². The molecule has 1 aliphatic carbocycles. The number of thioether (sulfide) groups is 1. The number of nitrogens with zero attached hydrogens (tertiary/aromatic N) is 1. The van der Waals surface area contributed by atoms with E-state index in [2.05, 4.69) is 49.5 Å². The Morgan fingerprint density at radius 1 is 1.25 bits per heavy atom. The van der Waals surface area contributed by atoms with Crippen molar-refractivity contribution in [3.63, 3.8) is 0 Å². The number of rotatable bonds is 3. The lowest BCUT2D eigenvalue weighted by molar-refractivity contribution is -0.116. The number of hydrogen-bond acceptors (Lipinski definition) is 4. The molecule has 1 atom stereocenters. The van der Waals surface area contributed by atoms with E-state index in [-0.39, 0.29) is 11.7 Å². The molecule has 1 aromatic rings. The molecule has 0 unspecified atom stereocenters. The zero-order chi connectivity index (χ0) is 17.3. The molecule has 1 N–H and O–H groups in total. The number of ketones is 1. The Kier molecular flexibility index (Phi) is 4.82. The van der Waals surface area contributed by atoms with Crippen LogP contribution >= 0.6 is 11.8 Å². The number of allylic oxidation sites excluding steroid dienone is 3. The highest BCUT2D eigenvalue weighted by atomic mass is 32.2. The van der Waals surface area contributed by atoms with Crippen LogP contribution in [0.15, 0.2) is 46.1 Å². The Balaban J connectivity index is 2.13. The number of carbonyl (C=O) groups is 1. The third-order valence-corrected chi connectivity index (χ3v) is 5.53. The molecular weight excluding hydrogens is 316 g/mol. The van der Waals surface area contributed by atoms with E-state index in [1.165, 1.54) is 5.56 Å². The van der Waals surface area contributed by atoms with Crippen LogP contribution < -0.4 is 5.32 Å². The van der Waals surface area contributed by atoms with Gasteiger partial charge in [0.2, 0.25) is 0 Å². The Labute approximate surface area is 147 Å². The molecule has 0 spiro atoms. The van der Waals surface area contributed by atoms with Crippen molar-refractivity contribution in [3.8, 4) is 6.07 Å².